The molecule has 7 unspecified atom stereocenters. The zero-order valence-corrected chi connectivity index (χ0v) is 26.0. The van der Waals surface area contributed by atoms with Crippen molar-refractivity contribution in [2.75, 3.05) is 0 Å². The van der Waals surface area contributed by atoms with Crippen molar-refractivity contribution < 1.29 is 94.0 Å². The molecule has 2 bridgehead atoms. The van der Waals surface area contributed by atoms with Gasteiger partial charge >= 0.3 is 37.1 Å². The Bertz CT molecular complexity index is 1090. The molecule has 0 heterocycles. The summed E-state index contributed by atoms with van der Waals surface area (Å²) in [7, 11) is 0. The molecule has 3 rings (SSSR count). The molecule has 0 aromatic heterocycles. The molecule has 0 radical (unpaired) electrons. The van der Waals surface area contributed by atoms with Crippen LogP contribution in [0, 0.1) is 47.3 Å². The van der Waals surface area contributed by atoms with Crippen LogP contribution in [0.3, 0.4) is 0 Å². The fraction of sp³-hybridized carbons (Fsp3) is 1.00. The van der Waals surface area contributed by atoms with Gasteiger partial charge < -0.3 is 14.9 Å². The quantitative estimate of drug-likeness (QED) is 0.254. The summed E-state index contributed by atoms with van der Waals surface area (Å²) < 4.78 is 259. The van der Waals surface area contributed by atoms with E-state index in [0.29, 0.717) is 0 Å². The van der Waals surface area contributed by atoms with Gasteiger partial charge in [-0.3, -0.25) is 0 Å². The van der Waals surface area contributed by atoms with Gasteiger partial charge in [-0.05, 0) is 87.9 Å². The van der Waals surface area contributed by atoms with Gasteiger partial charge in [-0.1, -0.05) is 13.8 Å². The zero-order valence-electron chi connectivity index (χ0n) is 26.0. The highest BCUT2D eigenvalue weighted by molar-refractivity contribution is 5.11. The highest BCUT2D eigenvalue weighted by Crippen LogP contribution is 2.63. The Morgan fingerprint density at radius 1 is 0.490 bits per heavy atom. The van der Waals surface area contributed by atoms with E-state index < -0.39 is 115 Å². The van der Waals surface area contributed by atoms with Crippen LogP contribution in [0.2, 0.25) is 0 Å². The van der Waals surface area contributed by atoms with E-state index >= 15 is 0 Å². The Labute approximate surface area is 267 Å². The molecular weight excluding hydrogens is 726 g/mol. The van der Waals surface area contributed by atoms with Gasteiger partial charge in [0.05, 0.1) is 5.60 Å². The molecule has 3 aliphatic carbocycles. The van der Waals surface area contributed by atoms with Gasteiger partial charge in [-0.15, -0.1) is 0 Å². The van der Waals surface area contributed by atoms with E-state index in [9.17, 15) is 89.2 Å². The maximum atomic E-state index is 14.7. The van der Waals surface area contributed by atoms with Crippen LogP contribution < -0.4 is 0 Å². The second-order valence-corrected chi connectivity index (χ2v) is 14.4. The van der Waals surface area contributed by atoms with Gasteiger partial charge in [-0.2, -0.15) is 79.0 Å². The average Bonchev–Trinajstić information content (AvgIpc) is 3.41. The largest absolute Gasteiger partial charge is 0.426 e. The topological polar surface area (TPSA) is 49.7 Å². The van der Waals surface area contributed by atoms with Crippen LogP contribution in [-0.2, 0) is 4.74 Å². The SMILES string of the molecule is CC1C2CC(CC(OC(C)(C)C3CC(C(O)(C(F)(F)F)C(F)(F)F)CC(C(O)(C(F)(F)F)C(F)(F)F)C3)(C(F)(F)F)C(F)(F)F)C(C2)C1C. The molecular formula is C28H34F18O3. The first-order valence-corrected chi connectivity index (χ1v) is 15.0. The van der Waals surface area contributed by atoms with Crippen molar-refractivity contribution in [3.05, 3.63) is 0 Å². The maximum absolute atomic E-state index is 14.7. The molecule has 21 heteroatoms. The molecule has 290 valence electrons. The molecule has 7 atom stereocenters. The van der Waals surface area contributed by atoms with Crippen molar-refractivity contribution in [1.82, 2.24) is 0 Å². The van der Waals surface area contributed by atoms with Crippen LogP contribution in [0.15, 0.2) is 0 Å². The minimum Gasteiger partial charge on any atom is -0.373 e. The van der Waals surface area contributed by atoms with Gasteiger partial charge in [0.1, 0.15) is 0 Å². The summed E-state index contributed by atoms with van der Waals surface area (Å²) in [5, 5.41) is 19.9. The molecule has 0 spiro atoms. The molecule has 0 aromatic rings. The van der Waals surface area contributed by atoms with Crippen LogP contribution in [-0.4, -0.2) is 69.7 Å². The van der Waals surface area contributed by atoms with Crippen molar-refractivity contribution in [3.63, 3.8) is 0 Å². The highest BCUT2D eigenvalue weighted by atomic mass is 19.4. The number of aliphatic hydroxyl groups is 2. The van der Waals surface area contributed by atoms with Crippen molar-refractivity contribution in [2.45, 2.75) is 126 Å². The standard InChI is InChI=1S/C28H34F18O3/c1-11-12(2)18-6-13(11)5-14(18)10-20(23(29,30)31,24(32,33)34)49-19(3,4)15-7-16(21(47,25(35,36)37)26(38,39)40)9-17(8-15)22(48,27(41,42)43)28(44,45)46/h11-18,47-48H,5-10H2,1-4H3. The molecule has 0 aromatic carbocycles. The van der Waals surface area contributed by atoms with Gasteiger partial charge in [0.25, 0.3) is 16.8 Å². The van der Waals surface area contributed by atoms with E-state index in [0.717, 1.165) is 0 Å². The molecule has 3 nitrogen and oxygen atoms in total. The monoisotopic (exact) mass is 760 g/mol. The summed E-state index contributed by atoms with van der Waals surface area (Å²) >= 11 is 0. The number of halogens is 18. The second-order valence-electron chi connectivity index (χ2n) is 14.4. The number of hydrogen-bond acceptors (Lipinski definition) is 3. The van der Waals surface area contributed by atoms with E-state index in [-0.39, 0.29) is 44.4 Å². The molecule has 2 N–H and O–H groups in total. The van der Waals surface area contributed by atoms with Gasteiger partial charge in [0, 0.05) is 11.8 Å². The Morgan fingerprint density at radius 2 is 0.837 bits per heavy atom. The van der Waals surface area contributed by atoms with E-state index in [1.165, 1.54) is 0 Å². The van der Waals surface area contributed by atoms with Crippen molar-refractivity contribution >= 4 is 0 Å². The molecule has 3 aliphatic rings. The third-order valence-corrected chi connectivity index (χ3v) is 11.5. The highest BCUT2D eigenvalue weighted by Gasteiger charge is 2.80. The summed E-state index contributed by atoms with van der Waals surface area (Å²) in [6.45, 7) is 3.81. The number of ether oxygens (including phenoxy) is 1. The minimum atomic E-state index is -6.89. The number of alkyl halides is 18. The third kappa shape index (κ3) is 6.71. The molecule has 3 saturated carbocycles. The van der Waals surface area contributed by atoms with E-state index in [1.807, 2.05) is 0 Å². The Morgan fingerprint density at radius 3 is 1.12 bits per heavy atom. The van der Waals surface area contributed by atoms with Crippen molar-refractivity contribution in [3.8, 4) is 0 Å². The van der Waals surface area contributed by atoms with Crippen LogP contribution in [0.5, 0.6) is 0 Å². The Balaban J connectivity index is 2.22. The third-order valence-electron chi connectivity index (χ3n) is 11.5. The van der Waals surface area contributed by atoms with Gasteiger partial charge in [0.15, 0.2) is 0 Å². The van der Waals surface area contributed by atoms with E-state index in [4.69, 9.17) is 0 Å². The van der Waals surface area contributed by atoms with Crippen molar-refractivity contribution in [2.24, 2.45) is 47.3 Å². The molecule has 0 aliphatic heterocycles. The maximum Gasteiger partial charge on any atom is 0.426 e. The van der Waals surface area contributed by atoms with Crippen LogP contribution in [0.25, 0.3) is 0 Å². The number of fused-ring (bicyclic) bond motifs is 2. The number of rotatable bonds is 7. The Kier molecular flexibility index (Phi) is 10.4. The first kappa shape index (κ1) is 42.0. The van der Waals surface area contributed by atoms with Crippen LogP contribution in [0.1, 0.15) is 66.2 Å². The smallest absolute Gasteiger partial charge is 0.373 e. The van der Waals surface area contributed by atoms with Crippen LogP contribution in [0.4, 0.5) is 79.0 Å². The normalized spacial score (nSPS) is 31.8. The fourth-order valence-electron chi connectivity index (χ4n) is 8.60. The fourth-order valence-corrected chi connectivity index (χ4v) is 8.60. The lowest BCUT2D eigenvalue weighted by Gasteiger charge is -2.53. The average molecular weight is 761 g/mol. The predicted octanol–water partition coefficient (Wildman–Crippen LogP) is 9.71. The first-order chi connectivity index (χ1) is 21.4. The Hall–Kier alpha value is -1.38. The van der Waals surface area contributed by atoms with E-state index in [2.05, 4.69) is 4.74 Å². The summed E-state index contributed by atoms with van der Waals surface area (Å²) in [6.07, 6.45) is -48.7. The minimum absolute atomic E-state index is 0.0945. The molecule has 0 saturated heterocycles. The summed E-state index contributed by atoms with van der Waals surface area (Å²) in [6, 6.07) is 0. The summed E-state index contributed by atoms with van der Waals surface area (Å²) in [4.78, 5) is 0. The zero-order chi connectivity index (χ0) is 38.6. The van der Waals surface area contributed by atoms with Gasteiger partial charge in [0.2, 0.25) is 0 Å². The lowest BCUT2D eigenvalue weighted by molar-refractivity contribution is -0.419. The number of hydrogen-bond donors (Lipinski definition) is 2. The summed E-state index contributed by atoms with van der Waals surface area (Å²) in [5.41, 5.74) is -20.9. The lowest BCUT2D eigenvalue weighted by atomic mass is 9.60. The first-order valence-electron chi connectivity index (χ1n) is 15.0. The molecule has 49 heavy (non-hydrogen) atoms. The van der Waals surface area contributed by atoms with E-state index in [1.54, 1.807) is 13.8 Å². The molecule has 0 amide bonds. The predicted molar refractivity (Wildman–Crippen MR) is 131 cm³/mol. The van der Waals surface area contributed by atoms with Gasteiger partial charge in [-0.25, -0.2) is 0 Å². The second kappa shape index (κ2) is 12.1. The lowest BCUT2D eigenvalue weighted by Crippen LogP contribution is -2.68. The van der Waals surface area contributed by atoms with Crippen molar-refractivity contribution in [1.29, 1.82) is 0 Å². The van der Waals surface area contributed by atoms with Crippen LogP contribution >= 0.6 is 0 Å². The summed E-state index contributed by atoms with van der Waals surface area (Å²) in [5.74, 6) is -13.2. The molecule has 3 fully saturated rings.